The van der Waals surface area contributed by atoms with Gasteiger partial charge in [-0.25, -0.2) is 9.97 Å². The van der Waals surface area contributed by atoms with E-state index in [9.17, 15) is 9.59 Å². The van der Waals surface area contributed by atoms with Crippen LogP contribution in [0, 0.1) is 0 Å². The number of fused-ring (bicyclic) bond motifs is 1. The van der Waals surface area contributed by atoms with Gasteiger partial charge in [-0.05, 0) is 48.2 Å². The quantitative estimate of drug-likeness (QED) is 0.394. The fourth-order valence-electron chi connectivity index (χ4n) is 5.58. The van der Waals surface area contributed by atoms with Crippen LogP contribution < -0.4 is 15.1 Å². The Labute approximate surface area is 239 Å². The van der Waals surface area contributed by atoms with Gasteiger partial charge in [0.2, 0.25) is 11.7 Å². The van der Waals surface area contributed by atoms with Gasteiger partial charge >= 0.3 is 0 Å². The van der Waals surface area contributed by atoms with Crippen LogP contribution in [0.5, 0.6) is 0 Å². The van der Waals surface area contributed by atoms with Crippen LogP contribution in [-0.2, 0) is 17.8 Å². The molecule has 2 amide bonds. The fraction of sp³-hybridized carbons (Fsp3) is 0.281. The number of piperazine rings is 1. The Morgan fingerprint density at radius 1 is 0.951 bits per heavy atom. The molecule has 208 valence electrons. The van der Waals surface area contributed by atoms with E-state index in [1.54, 1.807) is 24.2 Å². The molecular weight excluding hydrogens is 514 g/mol. The number of carbonyl (C=O) groups is 2. The van der Waals surface area contributed by atoms with Crippen molar-refractivity contribution in [3.63, 3.8) is 0 Å². The lowest BCUT2D eigenvalue weighted by Crippen LogP contribution is -2.47. The molecule has 9 nitrogen and oxygen atoms in total. The normalized spacial score (nSPS) is 17.6. The van der Waals surface area contributed by atoms with Crippen molar-refractivity contribution in [3.05, 3.63) is 102 Å². The van der Waals surface area contributed by atoms with E-state index in [1.807, 2.05) is 42.7 Å². The Morgan fingerprint density at radius 3 is 2.51 bits per heavy atom. The summed E-state index contributed by atoms with van der Waals surface area (Å²) in [6.07, 6.45) is 6.44. The summed E-state index contributed by atoms with van der Waals surface area (Å²) in [5.74, 6) is -0.540. The number of aryl methyl sites for hydroxylation is 1. The fourth-order valence-corrected chi connectivity index (χ4v) is 5.58. The van der Waals surface area contributed by atoms with Crippen LogP contribution in [0.2, 0.25) is 0 Å². The molecule has 41 heavy (non-hydrogen) atoms. The molecule has 2 aliphatic heterocycles. The van der Waals surface area contributed by atoms with Crippen LogP contribution in [0.15, 0.2) is 85.3 Å². The first kappa shape index (κ1) is 26.6. The summed E-state index contributed by atoms with van der Waals surface area (Å²) in [5, 5.41) is 2.89. The molecule has 4 heterocycles. The third-order valence-corrected chi connectivity index (χ3v) is 7.88. The van der Waals surface area contributed by atoms with Gasteiger partial charge in [0.25, 0.3) is 5.91 Å². The first-order chi connectivity index (χ1) is 20.0. The highest BCUT2D eigenvalue weighted by molar-refractivity contribution is 6.02. The minimum atomic E-state index is -0.659. The van der Waals surface area contributed by atoms with Crippen molar-refractivity contribution < 1.29 is 9.59 Å². The molecule has 6 rings (SSSR count). The highest BCUT2D eigenvalue weighted by Crippen LogP contribution is 2.28. The molecule has 1 N–H and O–H groups in total. The third-order valence-electron chi connectivity index (χ3n) is 7.88. The van der Waals surface area contributed by atoms with Gasteiger partial charge in [0.1, 0.15) is 6.04 Å². The molecule has 0 radical (unpaired) electrons. The Balaban J connectivity index is 1.10. The van der Waals surface area contributed by atoms with E-state index in [1.165, 1.54) is 11.3 Å². The maximum atomic E-state index is 13.5. The molecule has 0 unspecified atom stereocenters. The number of benzene rings is 2. The largest absolute Gasteiger partial charge is 0.369 e. The van der Waals surface area contributed by atoms with E-state index in [2.05, 4.69) is 60.4 Å². The van der Waals surface area contributed by atoms with Crippen molar-refractivity contribution in [1.82, 2.24) is 25.2 Å². The SMILES string of the molecule is CN1C(=O)[C@@H](NC(=O)c2nccc(-c3ccccc3)n2)CCc2ccc(CN3CCN(c4ccncc4)CC3)cc21. The van der Waals surface area contributed by atoms with E-state index in [0.717, 1.165) is 49.5 Å². The molecule has 1 saturated heterocycles. The van der Waals surface area contributed by atoms with Crippen molar-refractivity contribution in [3.8, 4) is 11.3 Å². The molecule has 9 heteroatoms. The average Bonchev–Trinajstić information content (AvgIpc) is 3.14. The number of likely N-dealkylation sites (N-methyl/N-ethyl adjacent to an activating group) is 1. The lowest BCUT2D eigenvalue weighted by atomic mass is 10.0. The van der Waals surface area contributed by atoms with Gasteiger partial charge in [0.15, 0.2) is 0 Å². The van der Waals surface area contributed by atoms with Crippen molar-refractivity contribution in [2.24, 2.45) is 0 Å². The van der Waals surface area contributed by atoms with Crippen LogP contribution >= 0.6 is 0 Å². The molecule has 2 aromatic heterocycles. The second kappa shape index (κ2) is 11.9. The zero-order valence-corrected chi connectivity index (χ0v) is 23.1. The standard InChI is InChI=1S/C32H33N7O2/c1-37-29-21-23(22-38-17-19-39(20-18-38)26-11-14-33-15-12-26)7-8-25(29)9-10-28(32(37)41)36-31(40)30-34-16-13-27(35-30)24-5-3-2-4-6-24/h2-8,11-16,21,28H,9-10,17-20,22H2,1H3,(H,36,40)/t28-/m0/s1. The number of amides is 2. The smallest absolute Gasteiger partial charge is 0.289 e. The lowest BCUT2D eigenvalue weighted by Gasteiger charge is -2.36. The number of pyridine rings is 1. The summed E-state index contributed by atoms with van der Waals surface area (Å²) in [7, 11) is 1.79. The number of anilines is 2. The zero-order valence-electron chi connectivity index (χ0n) is 23.1. The van der Waals surface area contributed by atoms with Gasteiger partial charge in [-0.1, -0.05) is 42.5 Å². The van der Waals surface area contributed by atoms with E-state index in [4.69, 9.17) is 0 Å². The number of rotatable bonds is 6. The van der Waals surface area contributed by atoms with Crippen molar-refractivity contribution in [2.45, 2.75) is 25.4 Å². The second-order valence-corrected chi connectivity index (χ2v) is 10.5. The molecule has 4 aromatic rings. The maximum absolute atomic E-state index is 13.5. The number of hydrogen-bond donors (Lipinski definition) is 1. The summed E-state index contributed by atoms with van der Waals surface area (Å²) in [4.78, 5) is 45.8. The number of aromatic nitrogens is 3. The van der Waals surface area contributed by atoms with E-state index in [-0.39, 0.29) is 11.7 Å². The molecule has 0 aliphatic carbocycles. The van der Waals surface area contributed by atoms with Crippen LogP contribution in [0.25, 0.3) is 11.3 Å². The number of nitrogens with one attached hydrogen (secondary N) is 1. The summed E-state index contributed by atoms with van der Waals surface area (Å²) in [5.41, 5.74) is 5.95. The highest BCUT2D eigenvalue weighted by atomic mass is 16.2. The molecule has 0 bridgehead atoms. The summed E-state index contributed by atoms with van der Waals surface area (Å²) >= 11 is 0. The average molecular weight is 548 g/mol. The summed E-state index contributed by atoms with van der Waals surface area (Å²) in [6, 6.07) is 21.3. The molecule has 1 fully saturated rings. The number of nitrogens with zero attached hydrogens (tertiary/aromatic N) is 6. The van der Waals surface area contributed by atoms with Crippen LogP contribution in [0.4, 0.5) is 11.4 Å². The molecule has 0 saturated carbocycles. The summed E-state index contributed by atoms with van der Waals surface area (Å²) in [6.45, 7) is 4.69. The first-order valence-electron chi connectivity index (χ1n) is 14.0. The summed E-state index contributed by atoms with van der Waals surface area (Å²) < 4.78 is 0. The molecule has 0 spiro atoms. The number of carbonyl (C=O) groups excluding carboxylic acids is 2. The van der Waals surface area contributed by atoms with Crippen LogP contribution in [-0.4, -0.2) is 70.9 Å². The van der Waals surface area contributed by atoms with Gasteiger partial charge < -0.3 is 15.1 Å². The Kier molecular flexibility index (Phi) is 7.69. The minimum Gasteiger partial charge on any atom is -0.369 e. The van der Waals surface area contributed by atoms with E-state index >= 15 is 0 Å². The van der Waals surface area contributed by atoms with E-state index < -0.39 is 11.9 Å². The maximum Gasteiger partial charge on any atom is 0.289 e. The van der Waals surface area contributed by atoms with Gasteiger partial charge in [0.05, 0.1) is 5.69 Å². The van der Waals surface area contributed by atoms with Crippen LogP contribution in [0.3, 0.4) is 0 Å². The van der Waals surface area contributed by atoms with Gasteiger partial charge in [0, 0.05) is 75.3 Å². The van der Waals surface area contributed by atoms with Gasteiger partial charge in [-0.3, -0.25) is 19.5 Å². The highest BCUT2D eigenvalue weighted by Gasteiger charge is 2.30. The Bertz CT molecular complexity index is 1520. The molecule has 2 aromatic carbocycles. The predicted octanol–water partition coefficient (Wildman–Crippen LogP) is 3.57. The molecular formula is C32H33N7O2. The Hall–Kier alpha value is -4.63. The topological polar surface area (TPSA) is 94.6 Å². The van der Waals surface area contributed by atoms with Crippen molar-refractivity contribution in [2.75, 3.05) is 43.0 Å². The first-order valence-corrected chi connectivity index (χ1v) is 14.0. The Morgan fingerprint density at radius 2 is 1.73 bits per heavy atom. The zero-order chi connectivity index (χ0) is 28.2. The van der Waals surface area contributed by atoms with Crippen molar-refractivity contribution >= 4 is 23.2 Å². The van der Waals surface area contributed by atoms with Gasteiger partial charge in [-0.2, -0.15) is 0 Å². The monoisotopic (exact) mass is 547 g/mol. The number of hydrogen-bond acceptors (Lipinski definition) is 7. The van der Waals surface area contributed by atoms with Crippen molar-refractivity contribution in [1.29, 1.82) is 0 Å². The minimum absolute atomic E-state index is 0.0508. The van der Waals surface area contributed by atoms with Crippen LogP contribution in [0.1, 0.15) is 28.2 Å². The van der Waals surface area contributed by atoms with Gasteiger partial charge in [-0.15, -0.1) is 0 Å². The predicted molar refractivity (Wildman–Crippen MR) is 159 cm³/mol. The third kappa shape index (κ3) is 5.95. The molecule has 1 atom stereocenters. The second-order valence-electron chi connectivity index (χ2n) is 10.5. The lowest BCUT2D eigenvalue weighted by molar-refractivity contribution is -0.120. The van der Waals surface area contributed by atoms with E-state index in [0.29, 0.717) is 18.5 Å². The molecule has 2 aliphatic rings.